The number of piperazine rings is 1. The number of carbonyl (C=O) groups is 2. The van der Waals surface area contributed by atoms with Crippen LogP contribution in [0.25, 0.3) is 0 Å². The second-order valence-corrected chi connectivity index (χ2v) is 4.13. The molecule has 86 valence electrons. The molecule has 1 N–H and O–H groups in total. The molecule has 0 spiro atoms. The molecule has 1 saturated heterocycles. The first-order chi connectivity index (χ1) is 7.00. The van der Waals surface area contributed by atoms with Crippen LogP contribution in [0.2, 0.25) is 0 Å². The van der Waals surface area contributed by atoms with Gasteiger partial charge in [0, 0.05) is 20.3 Å². The molecule has 1 heterocycles. The van der Waals surface area contributed by atoms with Crippen molar-refractivity contribution < 1.29 is 14.3 Å². The van der Waals surface area contributed by atoms with Gasteiger partial charge in [0.2, 0.25) is 11.8 Å². The molecule has 0 aliphatic carbocycles. The Morgan fingerprint density at radius 1 is 1.47 bits per heavy atom. The second-order valence-electron chi connectivity index (χ2n) is 4.13. The lowest BCUT2D eigenvalue weighted by Crippen LogP contribution is -2.64. The van der Waals surface area contributed by atoms with Crippen LogP contribution >= 0.6 is 0 Å². The topological polar surface area (TPSA) is 58.6 Å². The van der Waals surface area contributed by atoms with Gasteiger partial charge < -0.3 is 15.0 Å². The zero-order valence-corrected chi connectivity index (χ0v) is 9.50. The number of hydrogen-bond donors (Lipinski definition) is 1. The molecule has 0 radical (unpaired) electrons. The molecule has 15 heavy (non-hydrogen) atoms. The van der Waals surface area contributed by atoms with Gasteiger partial charge in [-0.2, -0.15) is 0 Å². The average molecular weight is 214 g/mol. The molecule has 2 amide bonds. The van der Waals surface area contributed by atoms with E-state index in [1.165, 1.54) is 0 Å². The number of nitrogens with one attached hydrogen (secondary N) is 1. The average Bonchev–Trinajstić information content (AvgIpc) is 2.18. The summed E-state index contributed by atoms with van der Waals surface area (Å²) in [7, 11) is 1.62. The van der Waals surface area contributed by atoms with Crippen molar-refractivity contribution in [1.29, 1.82) is 0 Å². The Balaban J connectivity index is 2.64. The minimum atomic E-state index is -0.747. The van der Waals surface area contributed by atoms with Crippen LogP contribution in [-0.4, -0.2) is 49.1 Å². The van der Waals surface area contributed by atoms with Gasteiger partial charge in [0.05, 0.1) is 6.54 Å². The van der Waals surface area contributed by atoms with E-state index in [2.05, 4.69) is 5.32 Å². The fourth-order valence-corrected chi connectivity index (χ4v) is 1.67. The highest BCUT2D eigenvalue weighted by Crippen LogP contribution is 2.18. The standard InChI is InChI=1S/C10H18N2O3/c1-10(2)9(14)11-7-8(13)12(10)5-4-6-15-3/h4-7H2,1-3H3,(H,11,14). The molecule has 1 aliphatic heterocycles. The third kappa shape index (κ3) is 2.47. The van der Waals surface area contributed by atoms with Crippen LogP contribution in [0.5, 0.6) is 0 Å². The van der Waals surface area contributed by atoms with Crippen molar-refractivity contribution in [2.45, 2.75) is 25.8 Å². The summed E-state index contributed by atoms with van der Waals surface area (Å²) >= 11 is 0. The Hall–Kier alpha value is -1.10. The molecule has 0 aromatic carbocycles. The number of rotatable bonds is 4. The minimum Gasteiger partial charge on any atom is -0.385 e. The van der Waals surface area contributed by atoms with Gasteiger partial charge in [0.1, 0.15) is 5.54 Å². The lowest BCUT2D eigenvalue weighted by atomic mass is 9.98. The van der Waals surface area contributed by atoms with Crippen LogP contribution in [0.15, 0.2) is 0 Å². The highest BCUT2D eigenvalue weighted by atomic mass is 16.5. The SMILES string of the molecule is COCCCN1C(=O)CNC(=O)C1(C)C. The quantitative estimate of drug-likeness (QED) is 0.657. The van der Waals surface area contributed by atoms with Crippen molar-refractivity contribution >= 4 is 11.8 Å². The maximum absolute atomic E-state index is 11.6. The van der Waals surface area contributed by atoms with Crippen molar-refractivity contribution in [2.24, 2.45) is 0 Å². The third-order valence-corrected chi connectivity index (χ3v) is 2.66. The van der Waals surface area contributed by atoms with E-state index in [0.29, 0.717) is 13.2 Å². The van der Waals surface area contributed by atoms with Crippen molar-refractivity contribution in [3.8, 4) is 0 Å². The molecule has 1 fully saturated rings. The molecule has 1 rings (SSSR count). The predicted molar refractivity (Wildman–Crippen MR) is 55.3 cm³/mol. The monoisotopic (exact) mass is 214 g/mol. The smallest absolute Gasteiger partial charge is 0.245 e. The van der Waals surface area contributed by atoms with Gasteiger partial charge in [-0.05, 0) is 20.3 Å². The van der Waals surface area contributed by atoms with Crippen molar-refractivity contribution in [3.05, 3.63) is 0 Å². The van der Waals surface area contributed by atoms with Crippen molar-refractivity contribution in [3.63, 3.8) is 0 Å². The summed E-state index contributed by atoms with van der Waals surface area (Å²) in [6, 6.07) is 0. The van der Waals surface area contributed by atoms with Crippen LogP contribution < -0.4 is 5.32 Å². The third-order valence-electron chi connectivity index (χ3n) is 2.66. The fraction of sp³-hybridized carbons (Fsp3) is 0.800. The Labute approximate surface area is 89.8 Å². The number of ether oxygens (including phenoxy) is 1. The summed E-state index contributed by atoms with van der Waals surface area (Å²) in [6.45, 7) is 4.78. The van der Waals surface area contributed by atoms with Gasteiger partial charge in [-0.3, -0.25) is 9.59 Å². The van der Waals surface area contributed by atoms with Crippen LogP contribution in [0.1, 0.15) is 20.3 Å². The lowest BCUT2D eigenvalue weighted by Gasteiger charge is -2.41. The molecule has 0 saturated carbocycles. The molecule has 0 atom stereocenters. The van der Waals surface area contributed by atoms with Gasteiger partial charge in [-0.15, -0.1) is 0 Å². The molecule has 0 aromatic heterocycles. The van der Waals surface area contributed by atoms with Crippen LogP contribution in [0.4, 0.5) is 0 Å². The number of carbonyl (C=O) groups excluding carboxylic acids is 2. The van der Waals surface area contributed by atoms with Crippen molar-refractivity contribution in [1.82, 2.24) is 10.2 Å². The Morgan fingerprint density at radius 3 is 2.73 bits per heavy atom. The number of amides is 2. The zero-order chi connectivity index (χ0) is 11.5. The van der Waals surface area contributed by atoms with E-state index < -0.39 is 5.54 Å². The summed E-state index contributed by atoms with van der Waals surface area (Å²) in [6.07, 6.45) is 0.749. The van der Waals surface area contributed by atoms with E-state index in [1.807, 2.05) is 0 Å². The van der Waals surface area contributed by atoms with E-state index in [1.54, 1.807) is 25.9 Å². The maximum atomic E-state index is 11.6. The Bertz CT molecular complexity index is 263. The van der Waals surface area contributed by atoms with Gasteiger partial charge in [-0.25, -0.2) is 0 Å². The second kappa shape index (κ2) is 4.61. The lowest BCUT2D eigenvalue weighted by molar-refractivity contribution is -0.151. The van der Waals surface area contributed by atoms with E-state index >= 15 is 0 Å². The molecule has 0 aromatic rings. The number of nitrogens with zero attached hydrogens (tertiary/aromatic N) is 1. The van der Waals surface area contributed by atoms with Crippen LogP contribution in [0.3, 0.4) is 0 Å². The normalized spacial score (nSPS) is 20.3. The molecule has 0 unspecified atom stereocenters. The van der Waals surface area contributed by atoms with Gasteiger partial charge in [0.15, 0.2) is 0 Å². The summed E-state index contributed by atoms with van der Waals surface area (Å²) in [5, 5.41) is 2.58. The first-order valence-electron chi connectivity index (χ1n) is 5.08. The Morgan fingerprint density at radius 2 is 2.13 bits per heavy atom. The molecule has 5 nitrogen and oxygen atoms in total. The minimum absolute atomic E-state index is 0.0318. The molecule has 0 bridgehead atoms. The van der Waals surface area contributed by atoms with E-state index in [0.717, 1.165) is 6.42 Å². The van der Waals surface area contributed by atoms with E-state index in [4.69, 9.17) is 4.74 Å². The van der Waals surface area contributed by atoms with Gasteiger partial charge in [0.25, 0.3) is 0 Å². The molecule has 1 aliphatic rings. The van der Waals surface area contributed by atoms with E-state index in [9.17, 15) is 9.59 Å². The summed E-state index contributed by atoms with van der Waals surface area (Å²) < 4.78 is 4.92. The highest BCUT2D eigenvalue weighted by molar-refractivity contribution is 5.97. The summed E-state index contributed by atoms with van der Waals surface area (Å²) in [4.78, 5) is 24.8. The van der Waals surface area contributed by atoms with Crippen LogP contribution in [0, 0.1) is 0 Å². The van der Waals surface area contributed by atoms with E-state index in [-0.39, 0.29) is 18.4 Å². The number of methoxy groups -OCH3 is 1. The van der Waals surface area contributed by atoms with Crippen LogP contribution in [-0.2, 0) is 14.3 Å². The fourth-order valence-electron chi connectivity index (χ4n) is 1.67. The largest absolute Gasteiger partial charge is 0.385 e. The highest BCUT2D eigenvalue weighted by Gasteiger charge is 2.40. The van der Waals surface area contributed by atoms with Gasteiger partial charge >= 0.3 is 0 Å². The van der Waals surface area contributed by atoms with Crippen molar-refractivity contribution in [2.75, 3.05) is 26.8 Å². The first kappa shape index (κ1) is 12.0. The summed E-state index contributed by atoms with van der Waals surface area (Å²) in [5.41, 5.74) is -0.747. The van der Waals surface area contributed by atoms with Gasteiger partial charge in [-0.1, -0.05) is 0 Å². The predicted octanol–water partition coefficient (Wildman–Crippen LogP) is -0.240. The maximum Gasteiger partial charge on any atom is 0.245 e. The molecular formula is C10H18N2O3. The Kier molecular flexibility index (Phi) is 3.68. The zero-order valence-electron chi connectivity index (χ0n) is 9.50. The first-order valence-corrected chi connectivity index (χ1v) is 5.08. The molecular weight excluding hydrogens is 196 g/mol. The molecule has 5 heteroatoms. The number of hydrogen-bond acceptors (Lipinski definition) is 3. The summed E-state index contributed by atoms with van der Waals surface area (Å²) in [5.74, 6) is -0.129.